The summed E-state index contributed by atoms with van der Waals surface area (Å²) < 4.78 is 5.83. The predicted molar refractivity (Wildman–Crippen MR) is 80.8 cm³/mol. The topological polar surface area (TPSA) is 66.8 Å². The Morgan fingerprint density at radius 3 is 2.55 bits per heavy atom. The summed E-state index contributed by atoms with van der Waals surface area (Å²) in [6, 6.07) is 5.76. The molecule has 1 aromatic carbocycles. The lowest BCUT2D eigenvalue weighted by atomic mass is 9.89. The summed E-state index contributed by atoms with van der Waals surface area (Å²) >= 11 is 6.12. The molecule has 2 fully saturated rings. The third-order valence-corrected chi connectivity index (χ3v) is 4.83. The van der Waals surface area contributed by atoms with Crippen molar-refractivity contribution in [1.29, 1.82) is 0 Å². The number of amides is 1. The van der Waals surface area contributed by atoms with E-state index in [-0.39, 0.29) is 12.5 Å². The summed E-state index contributed by atoms with van der Waals surface area (Å²) in [5.74, 6) is -1.40. The highest BCUT2D eigenvalue weighted by atomic mass is 35.5. The Morgan fingerprint density at radius 2 is 1.91 bits per heavy atom. The van der Waals surface area contributed by atoms with Crippen LogP contribution in [0.2, 0.25) is 5.02 Å². The van der Waals surface area contributed by atoms with Crippen molar-refractivity contribution in [2.75, 3.05) is 6.61 Å². The molecule has 2 aliphatic rings. The molecule has 0 unspecified atom stereocenters. The van der Waals surface area contributed by atoms with Gasteiger partial charge in [-0.15, -0.1) is 0 Å². The van der Waals surface area contributed by atoms with E-state index >= 15 is 0 Å². The lowest BCUT2D eigenvalue weighted by Gasteiger charge is -2.41. The number of halogens is 1. The van der Waals surface area contributed by atoms with E-state index in [0.717, 1.165) is 19.3 Å². The van der Waals surface area contributed by atoms with Crippen LogP contribution in [0.5, 0.6) is 0 Å². The lowest BCUT2D eigenvalue weighted by molar-refractivity contribution is -0.143. The van der Waals surface area contributed by atoms with Crippen LogP contribution in [-0.4, -0.2) is 40.3 Å². The number of carboxylic acids is 1. The SMILES string of the molecule is O=C(O)[C@@H]1COC2(CCCCC2)N1C(=O)c1ccccc1Cl. The molecular weight excluding hydrogens is 306 g/mol. The summed E-state index contributed by atoms with van der Waals surface area (Å²) in [5.41, 5.74) is -0.469. The smallest absolute Gasteiger partial charge is 0.328 e. The first-order chi connectivity index (χ1) is 10.6. The molecule has 1 N–H and O–H groups in total. The first-order valence-corrected chi connectivity index (χ1v) is 7.88. The Labute approximate surface area is 133 Å². The zero-order chi connectivity index (χ0) is 15.7. The predicted octanol–water partition coefficient (Wildman–Crippen LogP) is 2.93. The van der Waals surface area contributed by atoms with Gasteiger partial charge < -0.3 is 9.84 Å². The van der Waals surface area contributed by atoms with Crippen LogP contribution in [-0.2, 0) is 9.53 Å². The molecule has 118 valence electrons. The van der Waals surface area contributed by atoms with Crippen LogP contribution in [0.15, 0.2) is 24.3 Å². The van der Waals surface area contributed by atoms with Crippen LogP contribution in [0, 0.1) is 0 Å². The standard InChI is InChI=1S/C16H18ClNO4/c17-12-7-3-2-6-11(12)14(19)18-13(15(20)21)10-22-16(18)8-4-1-5-9-16/h2-3,6-7,13H,1,4-5,8-10H2,(H,20,21)/t13-/m0/s1. The largest absolute Gasteiger partial charge is 0.480 e. The van der Waals surface area contributed by atoms with E-state index in [1.54, 1.807) is 24.3 Å². The van der Waals surface area contributed by atoms with Crippen molar-refractivity contribution < 1.29 is 19.4 Å². The highest BCUT2D eigenvalue weighted by Gasteiger charge is 2.53. The second-order valence-corrected chi connectivity index (χ2v) is 6.23. The molecule has 0 radical (unpaired) electrons. The lowest BCUT2D eigenvalue weighted by Crippen LogP contribution is -2.54. The Bertz CT molecular complexity index is 598. The summed E-state index contributed by atoms with van der Waals surface area (Å²) in [7, 11) is 0. The number of rotatable bonds is 2. The van der Waals surface area contributed by atoms with E-state index in [0.29, 0.717) is 23.4 Å². The molecule has 1 saturated carbocycles. The number of ether oxygens (including phenoxy) is 1. The highest BCUT2D eigenvalue weighted by Crippen LogP contribution is 2.41. The second kappa shape index (κ2) is 5.89. The summed E-state index contributed by atoms with van der Waals surface area (Å²) in [4.78, 5) is 25.9. The summed E-state index contributed by atoms with van der Waals surface area (Å²) in [5, 5.41) is 9.78. The van der Waals surface area contributed by atoms with Gasteiger partial charge in [0, 0.05) is 0 Å². The van der Waals surface area contributed by atoms with E-state index in [1.165, 1.54) is 4.90 Å². The van der Waals surface area contributed by atoms with Crippen molar-refractivity contribution in [2.45, 2.75) is 43.9 Å². The molecule has 1 aromatic rings. The summed E-state index contributed by atoms with van der Waals surface area (Å²) in [6.07, 6.45) is 4.29. The highest BCUT2D eigenvalue weighted by molar-refractivity contribution is 6.33. The Hall–Kier alpha value is -1.59. The van der Waals surface area contributed by atoms with E-state index < -0.39 is 17.7 Å². The Morgan fingerprint density at radius 1 is 1.23 bits per heavy atom. The molecule has 0 aromatic heterocycles. The maximum atomic E-state index is 13.0. The first-order valence-electron chi connectivity index (χ1n) is 7.50. The van der Waals surface area contributed by atoms with Crippen molar-refractivity contribution >= 4 is 23.5 Å². The van der Waals surface area contributed by atoms with E-state index in [2.05, 4.69) is 0 Å². The normalized spacial score (nSPS) is 23.7. The molecule has 1 spiro atoms. The molecule has 1 amide bonds. The van der Waals surface area contributed by atoms with Crippen LogP contribution in [0.4, 0.5) is 0 Å². The number of carbonyl (C=O) groups excluding carboxylic acids is 1. The molecule has 1 atom stereocenters. The van der Waals surface area contributed by atoms with Gasteiger partial charge in [-0.2, -0.15) is 0 Å². The van der Waals surface area contributed by atoms with Crippen LogP contribution in [0.25, 0.3) is 0 Å². The molecular formula is C16H18ClNO4. The zero-order valence-electron chi connectivity index (χ0n) is 12.1. The van der Waals surface area contributed by atoms with Crippen molar-refractivity contribution in [1.82, 2.24) is 4.90 Å². The molecule has 0 bridgehead atoms. The van der Waals surface area contributed by atoms with Crippen molar-refractivity contribution in [3.05, 3.63) is 34.9 Å². The van der Waals surface area contributed by atoms with Gasteiger partial charge in [-0.3, -0.25) is 9.69 Å². The minimum atomic E-state index is -1.04. The number of carbonyl (C=O) groups is 2. The minimum Gasteiger partial charge on any atom is -0.480 e. The van der Waals surface area contributed by atoms with Gasteiger partial charge in [0.2, 0.25) is 0 Å². The van der Waals surface area contributed by atoms with E-state index in [9.17, 15) is 14.7 Å². The number of nitrogens with zero attached hydrogens (tertiary/aromatic N) is 1. The number of hydrogen-bond acceptors (Lipinski definition) is 3. The molecule has 1 aliphatic heterocycles. The average Bonchev–Trinajstić information content (AvgIpc) is 2.87. The molecule has 3 rings (SSSR count). The van der Waals surface area contributed by atoms with Gasteiger partial charge in [0.05, 0.1) is 17.2 Å². The molecule has 5 nitrogen and oxygen atoms in total. The maximum absolute atomic E-state index is 13.0. The summed E-state index contributed by atoms with van der Waals surface area (Å²) in [6.45, 7) is 0.0333. The number of benzene rings is 1. The fourth-order valence-electron chi connectivity index (χ4n) is 3.42. The third kappa shape index (κ3) is 2.48. The van der Waals surface area contributed by atoms with Gasteiger partial charge in [-0.1, -0.05) is 30.2 Å². The minimum absolute atomic E-state index is 0.0333. The molecule has 1 heterocycles. The Kier molecular flexibility index (Phi) is 4.10. The van der Waals surface area contributed by atoms with Gasteiger partial charge in [0.25, 0.3) is 5.91 Å². The fourth-order valence-corrected chi connectivity index (χ4v) is 3.64. The van der Waals surface area contributed by atoms with E-state index in [1.807, 2.05) is 0 Å². The molecule has 6 heteroatoms. The van der Waals surface area contributed by atoms with Gasteiger partial charge in [0.15, 0.2) is 6.04 Å². The maximum Gasteiger partial charge on any atom is 0.328 e. The van der Waals surface area contributed by atoms with Gasteiger partial charge in [0.1, 0.15) is 5.72 Å². The number of carboxylic acid groups (broad SMARTS) is 1. The number of hydrogen-bond donors (Lipinski definition) is 1. The number of aliphatic carboxylic acids is 1. The molecule has 22 heavy (non-hydrogen) atoms. The quantitative estimate of drug-likeness (QED) is 0.908. The zero-order valence-corrected chi connectivity index (χ0v) is 12.9. The molecule has 1 saturated heterocycles. The van der Waals surface area contributed by atoms with E-state index in [4.69, 9.17) is 16.3 Å². The van der Waals surface area contributed by atoms with Crippen molar-refractivity contribution in [3.8, 4) is 0 Å². The van der Waals surface area contributed by atoms with Gasteiger partial charge >= 0.3 is 5.97 Å². The second-order valence-electron chi connectivity index (χ2n) is 5.83. The fraction of sp³-hybridized carbons (Fsp3) is 0.500. The van der Waals surface area contributed by atoms with Crippen LogP contribution in [0.1, 0.15) is 42.5 Å². The Balaban J connectivity index is 2.00. The van der Waals surface area contributed by atoms with Gasteiger partial charge in [-0.25, -0.2) is 4.79 Å². The van der Waals surface area contributed by atoms with Crippen LogP contribution < -0.4 is 0 Å². The van der Waals surface area contributed by atoms with Crippen molar-refractivity contribution in [3.63, 3.8) is 0 Å². The monoisotopic (exact) mass is 323 g/mol. The molecule has 1 aliphatic carbocycles. The first kappa shape index (κ1) is 15.3. The van der Waals surface area contributed by atoms with Gasteiger partial charge in [-0.05, 0) is 37.8 Å². The van der Waals surface area contributed by atoms with Crippen molar-refractivity contribution in [2.24, 2.45) is 0 Å². The van der Waals surface area contributed by atoms with Crippen LogP contribution in [0.3, 0.4) is 0 Å². The van der Waals surface area contributed by atoms with Crippen LogP contribution >= 0.6 is 11.6 Å². The average molecular weight is 324 g/mol. The third-order valence-electron chi connectivity index (χ3n) is 4.50.